The van der Waals surface area contributed by atoms with E-state index in [1.807, 2.05) is 6.92 Å². The Hall–Kier alpha value is -4.14. The van der Waals surface area contributed by atoms with E-state index >= 15 is 0 Å². The van der Waals surface area contributed by atoms with Crippen molar-refractivity contribution in [1.82, 2.24) is 5.32 Å². The van der Waals surface area contributed by atoms with Crippen LogP contribution in [0.4, 0.5) is 5.69 Å². The van der Waals surface area contributed by atoms with E-state index in [0.717, 1.165) is 31.2 Å². The van der Waals surface area contributed by atoms with Gasteiger partial charge in [-0.2, -0.15) is 10.1 Å². The summed E-state index contributed by atoms with van der Waals surface area (Å²) >= 11 is 0. The van der Waals surface area contributed by atoms with Crippen molar-refractivity contribution in [2.75, 3.05) is 24.8 Å². The molecule has 1 N–H and O–H groups in total. The Kier molecular flexibility index (Phi) is 9.35. The van der Waals surface area contributed by atoms with Gasteiger partial charge >= 0.3 is 5.97 Å². The maximum absolute atomic E-state index is 13.2. The lowest BCUT2D eigenvalue weighted by molar-refractivity contribution is -0.124. The smallest absolute Gasteiger partial charge is 0.338 e. The molecule has 1 aliphatic heterocycles. The molecule has 206 valence electrons. The van der Waals surface area contributed by atoms with Crippen molar-refractivity contribution in [2.45, 2.75) is 58.9 Å². The molecule has 39 heavy (non-hydrogen) atoms. The monoisotopic (exact) mass is 533 g/mol. The van der Waals surface area contributed by atoms with Crippen molar-refractivity contribution in [2.24, 2.45) is 5.10 Å². The zero-order chi connectivity index (χ0) is 27.8. The maximum atomic E-state index is 13.2. The molecule has 9 heteroatoms. The largest absolute Gasteiger partial charge is 0.490 e. The third kappa shape index (κ3) is 7.04. The zero-order valence-electron chi connectivity index (χ0n) is 22.7. The normalized spacial score (nSPS) is 16.7. The minimum absolute atomic E-state index is 0.0921. The first-order chi connectivity index (χ1) is 18.9. The number of carbonyl (C=O) groups excluding carboxylic acids is 3. The summed E-state index contributed by atoms with van der Waals surface area (Å²) in [4.78, 5) is 37.5. The number of hydrazone groups is 1. The van der Waals surface area contributed by atoms with Gasteiger partial charge in [0.25, 0.3) is 11.8 Å². The molecule has 0 atom stereocenters. The summed E-state index contributed by atoms with van der Waals surface area (Å²) in [5, 5.41) is 8.77. The lowest BCUT2D eigenvalue weighted by atomic mass is 9.95. The first-order valence-corrected chi connectivity index (χ1v) is 13.5. The zero-order valence-corrected chi connectivity index (χ0v) is 22.7. The van der Waals surface area contributed by atoms with Crippen molar-refractivity contribution in [1.29, 1.82) is 0 Å². The van der Waals surface area contributed by atoms with E-state index in [1.54, 1.807) is 62.4 Å². The number of nitrogens with one attached hydrogen (secondary N) is 1. The lowest BCUT2D eigenvalue weighted by Crippen LogP contribution is -2.39. The van der Waals surface area contributed by atoms with E-state index in [2.05, 4.69) is 10.4 Å². The summed E-state index contributed by atoms with van der Waals surface area (Å²) in [5.74, 6) is 0.107. The van der Waals surface area contributed by atoms with Crippen LogP contribution in [0, 0.1) is 0 Å². The van der Waals surface area contributed by atoms with Gasteiger partial charge in [-0.05, 0) is 81.7 Å². The quantitative estimate of drug-likeness (QED) is 0.344. The van der Waals surface area contributed by atoms with Gasteiger partial charge in [0.05, 0.1) is 35.7 Å². The molecule has 2 amide bonds. The van der Waals surface area contributed by atoms with Crippen LogP contribution >= 0.6 is 0 Å². The van der Waals surface area contributed by atoms with E-state index < -0.39 is 5.97 Å². The molecule has 1 saturated carbocycles. The standard InChI is InChI=1S/C30H35N3O6/c1-4-37-27-18-21(11-16-26(27)39-19-28(34)31-23-9-7-6-8-10-23)17-25-20(3)32-33(29(25)35)24-14-12-22(13-15-24)30(36)38-5-2/h11-18,23H,4-10,19H2,1-3H3,(H,31,34)/b25-17+. The fourth-order valence-corrected chi connectivity index (χ4v) is 4.64. The number of ether oxygens (including phenoxy) is 3. The van der Waals surface area contributed by atoms with E-state index in [9.17, 15) is 14.4 Å². The van der Waals surface area contributed by atoms with E-state index in [1.165, 1.54) is 11.4 Å². The molecular weight excluding hydrogens is 498 g/mol. The SMILES string of the molecule is CCOC(=O)c1ccc(N2N=C(C)/C(=C\c3ccc(OCC(=O)NC4CCCCC4)c(OCC)c3)C2=O)cc1. The van der Waals surface area contributed by atoms with Crippen molar-refractivity contribution in [3.8, 4) is 11.5 Å². The number of anilines is 1. The topological polar surface area (TPSA) is 107 Å². The molecule has 2 aromatic carbocycles. The van der Waals surface area contributed by atoms with E-state index in [4.69, 9.17) is 14.2 Å². The van der Waals surface area contributed by atoms with Crippen LogP contribution in [0.1, 0.15) is 68.8 Å². The Balaban J connectivity index is 1.44. The van der Waals surface area contributed by atoms with Crippen molar-refractivity contribution < 1.29 is 28.6 Å². The molecule has 2 aromatic rings. The van der Waals surface area contributed by atoms with Crippen LogP contribution < -0.4 is 19.8 Å². The highest BCUT2D eigenvalue weighted by molar-refractivity contribution is 6.32. The van der Waals surface area contributed by atoms with Gasteiger partial charge in [-0.3, -0.25) is 9.59 Å². The molecule has 1 fully saturated rings. The second-order valence-electron chi connectivity index (χ2n) is 9.46. The summed E-state index contributed by atoms with van der Waals surface area (Å²) in [6, 6.07) is 12.1. The second kappa shape index (κ2) is 13.1. The summed E-state index contributed by atoms with van der Waals surface area (Å²) in [6.07, 6.45) is 7.28. The van der Waals surface area contributed by atoms with E-state index in [-0.39, 0.29) is 31.1 Å². The number of carbonyl (C=O) groups is 3. The van der Waals surface area contributed by atoms with Gasteiger partial charge < -0.3 is 19.5 Å². The van der Waals surface area contributed by atoms with Crippen LogP contribution in [-0.2, 0) is 14.3 Å². The van der Waals surface area contributed by atoms with Crippen LogP contribution in [0.15, 0.2) is 53.1 Å². The number of esters is 1. The number of nitrogens with zero attached hydrogens (tertiary/aromatic N) is 2. The van der Waals surface area contributed by atoms with Crippen LogP contribution in [0.3, 0.4) is 0 Å². The fraction of sp³-hybridized carbons (Fsp3) is 0.400. The molecule has 1 heterocycles. The summed E-state index contributed by atoms with van der Waals surface area (Å²) in [7, 11) is 0. The first-order valence-electron chi connectivity index (χ1n) is 13.5. The Morgan fingerprint density at radius 3 is 2.44 bits per heavy atom. The Morgan fingerprint density at radius 1 is 1.00 bits per heavy atom. The predicted molar refractivity (Wildman–Crippen MR) is 149 cm³/mol. The number of benzene rings is 2. The Labute approximate surface area is 228 Å². The number of amides is 2. The minimum Gasteiger partial charge on any atom is -0.490 e. The third-order valence-corrected chi connectivity index (χ3v) is 6.59. The van der Waals surface area contributed by atoms with Crippen LogP contribution in [0.2, 0.25) is 0 Å². The molecule has 0 aromatic heterocycles. The molecule has 0 saturated heterocycles. The van der Waals surface area contributed by atoms with Gasteiger partial charge in [0, 0.05) is 6.04 Å². The molecule has 9 nitrogen and oxygen atoms in total. The van der Waals surface area contributed by atoms with Gasteiger partial charge in [-0.15, -0.1) is 0 Å². The van der Waals surface area contributed by atoms with Crippen molar-refractivity contribution in [3.63, 3.8) is 0 Å². The van der Waals surface area contributed by atoms with E-state index in [0.29, 0.717) is 40.6 Å². The van der Waals surface area contributed by atoms with Crippen LogP contribution in [-0.4, -0.2) is 49.4 Å². The molecule has 4 rings (SSSR count). The third-order valence-electron chi connectivity index (χ3n) is 6.59. The number of hydrogen-bond donors (Lipinski definition) is 1. The summed E-state index contributed by atoms with van der Waals surface area (Å²) < 4.78 is 16.6. The molecule has 0 radical (unpaired) electrons. The average Bonchev–Trinajstić information content (AvgIpc) is 3.22. The van der Waals surface area contributed by atoms with Crippen LogP contribution in [0.5, 0.6) is 11.5 Å². The summed E-state index contributed by atoms with van der Waals surface area (Å²) in [5.41, 5.74) is 2.68. The highest BCUT2D eigenvalue weighted by Gasteiger charge is 2.29. The average molecular weight is 534 g/mol. The van der Waals surface area contributed by atoms with Gasteiger partial charge in [-0.25, -0.2) is 4.79 Å². The van der Waals surface area contributed by atoms with Crippen LogP contribution in [0.25, 0.3) is 6.08 Å². The molecular formula is C30H35N3O6. The summed E-state index contributed by atoms with van der Waals surface area (Å²) in [6.45, 7) is 5.99. The minimum atomic E-state index is -0.417. The van der Waals surface area contributed by atoms with Crippen molar-refractivity contribution in [3.05, 3.63) is 59.2 Å². The predicted octanol–water partition coefficient (Wildman–Crippen LogP) is 4.90. The number of rotatable bonds is 10. The lowest BCUT2D eigenvalue weighted by Gasteiger charge is -2.22. The molecule has 2 aliphatic rings. The first kappa shape index (κ1) is 27.9. The van der Waals surface area contributed by atoms with Crippen molar-refractivity contribution >= 4 is 35.3 Å². The Bertz CT molecular complexity index is 1260. The van der Waals surface area contributed by atoms with Gasteiger partial charge in [-0.1, -0.05) is 25.3 Å². The maximum Gasteiger partial charge on any atom is 0.338 e. The molecule has 0 spiro atoms. The molecule has 0 bridgehead atoms. The van der Waals surface area contributed by atoms with Gasteiger partial charge in [0.2, 0.25) is 0 Å². The highest BCUT2D eigenvalue weighted by Crippen LogP contribution is 2.31. The van der Waals surface area contributed by atoms with Gasteiger partial charge in [0.1, 0.15) is 0 Å². The molecule has 0 unspecified atom stereocenters. The Morgan fingerprint density at radius 2 is 1.74 bits per heavy atom. The molecule has 1 aliphatic carbocycles. The number of hydrogen-bond acceptors (Lipinski definition) is 7. The highest BCUT2D eigenvalue weighted by atomic mass is 16.5. The second-order valence-corrected chi connectivity index (χ2v) is 9.46. The van der Waals surface area contributed by atoms with Gasteiger partial charge in [0.15, 0.2) is 18.1 Å². The fourth-order valence-electron chi connectivity index (χ4n) is 4.64.